The second kappa shape index (κ2) is 6.64. The Bertz CT molecular complexity index is 346. The summed E-state index contributed by atoms with van der Waals surface area (Å²) in [6.07, 6.45) is 0.397. The third-order valence-corrected chi connectivity index (χ3v) is 2.77. The summed E-state index contributed by atoms with van der Waals surface area (Å²) in [6, 6.07) is 0.0160. The zero-order valence-corrected chi connectivity index (χ0v) is 14.0. The summed E-state index contributed by atoms with van der Waals surface area (Å²) in [4.78, 5) is 25.4. The minimum absolute atomic E-state index is 0.0160. The summed E-state index contributed by atoms with van der Waals surface area (Å²) in [5, 5.41) is 2.83. The lowest BCUT2D eigenvalue weighted by atomic mass is 10.2. The second-order valence-electron chi connectivity index (χ2n) is 7.45. The molecule has 1 rings (SSSR count). The van der Waals surface area contributed by atoms with Gasteiger partial charge in [0.05, 0.1) is 6.54 Å². The molecule has 1 unspecified atom stereocenters. The largest absolute Gasteiger partial charge is 0.459 e. The normalized spacial score (nSPS) is 20.2. The molecule has 1 amide bonds. The minimum atomic E-state index is -0.501. The van der Waals surface area contributed by atoms with Crippen LogP contribution in [0.4, 0.5) is 4.79 Å². The predicted molar refractivity (Wildman–Crippen MR) is 80.1 cm³/mol. The highest BCUT2D eigenvalue weighted by atomic mass is 16.6. The van der Waals surface area contributed by atoms with Crippen LogP contribution >= 0.6 is 0 Å². The van der Waals surface area contributed by atoms with Crippen LogP contribution in [-0.4, -0.2) is 53.8 Å². The number of rotatable bonds is 3. The SMILES string of the molecule is CC(C)(C)OC(=O)CN1CCC(NC(=O)OC(C)(C)C)C1. The van der Waals surface area contributed by atoms with Crippen LogP contribution < -0.4 is 5.32 Å². The summed E-state index contributed by atoms with van der Waals surface area (Å²) in [6.45, 7) is 12.7. The molecule has 1 atom stereocenters. The molecule has 1 saturated heterocycles. The van der Waals surface area contributed by atoms with Crippen molar-refractivity contribution in [1.82, 2.24) is 10.2 Å². The lowest BCUT2D eigenvalue weighted by Gasteiger charge is -2.23. The monoisotopic (exact) mass is 300 g/mol. The number of ether oxygens (including phenoxy) is 2. The van der Waals surface area contributed by atoms with Gasteiger partial charge in [0, 0.05) is 19.1 Å². The van der Waals surface area contributed by atoms with E-state index in [9.17, 15) is 9.59 Å². The maximum absolute atomic E-state index is 11.8. The van der Waals surface area contributed by atoms with Gasteiger partial charge in [-0.05, 0) is 48.0 Å². The fraction of sp³-hybridized carbons (Fsp3) is 0.867. The van der Waals surface area contributed by atoms with Crippen molar-refractivity contribution >= 4 is 12.1 Å². The van der Waals surface area contributed by atoms with Crippen LogP contribution in [0.25, 0.3) is 0 Å². The highest BCUT2D eigenvalue weighted by Gasteiger charge is 2.28. The van der Waals surface area contributed by atoms with Crippen molar-refractivity contribution in [2.75, 3.05) is 19.6 Å². The van der Waals surface area contributed by atoms with E-state index < -0.39 is 17.3 Å². The number of alkyl carbamates (subject to hydrolysis) is 1. The third kappa shape index (κ3) is 7.90. The van der Waals surface area contributed by atoms with Gasteiger partial charge in [0.2, 0.25) is 0 Å². The number of nitrogens with zero attached hydrogens (tertiary/aromatic N) is 1. The van der Waals surface area contributed by atoms with Crippen molar-refractivity contribution in [3.8, 4) is 0 Å². The number of carbonyl (C=O) groups excluding carboxylic acids is 2. The number of amides is 1. The number of hydrogen-bond donors (Lipinski definition) is 1. The van der Waals surface area contributed by atoms with Crippen LogP contribution in [0.5, 0.6) is 0 Å². The van der Waals surface area contributed by atoms with Gasteiger partial charge in [-0.3, -0.25) is 9.69 Å². The highest BCUT2D eigenvalue weighted by Crippen LogP contribution is 2.13. The van der Waals surface area contributed by atoms with Crippen molar-refractivity contribution in [2.24, 2.45) is 0 Å². The molecule has 0 radical (unpaired) electrons. The topological polar surface area (TPSA) is 67.9 Å². The zero-order valence-electron chi connectivity index (χ0n) is 14.0. The number of esters is 1. The van der Waals surface area contributed by atoms with Gasteiger partial charge in [0.15, 0.2) is 0 Å². The summed E-state index contributed by atoms with van der Waals surface area (Å²) in [5.74, 6) is -0.236. The van der Waals surface area contributed by atoms with Gasteiger partial charge >= 0.3 is 12.1 Å². The smallest absolute Gasteiger partial charge is 0.407 e. The van der Waals surface area contributed by atoms with E-state index in [1.165, 1.54) is 0 Å². The molecule has 1 fully saturated rings. The Morgan fingerprint density at radius 3 is 2.19 bits per heavy atom. The van der Waals surface area contributed by atoms with Gasteiger partial charge in [-0.25, -0.2) is 4.79 Å². The first kappa shape index (κ1) is 17.8. The molecule has 0 bridgehead atoms. The van der Waals surface area contributed by atoms with Gasteiger partial charge in [0.1, 0.15) is 11.2 Å². The Kier molecular flexibility index (Phi) is 5.61. The molecule has 6 nitrogen and oxygen atoms in total. The van der Waals surface area contributed by atoms with E-state index in [1.54, 1.807) is 0 Å². The Labute approximate surface area is 127 Å². The van der Waals surface area contributed by atoms with Crippen LogP contribution in [0.3, 0.4) is 0 Å². The Morgan fingerprint density at radius 1 is 1.10 bits per heavy atom. The summed E-state index contributed by atoms with van der Waals surface area (Å²) in [5.41, 5.74) is -0.968. The molecule has 0 saturated carbocycles. The molecule has 0 spiro atoms. The fourth-order valence-electron chi connectivity index (χ4n) is 2.12. The van der Waals surface area contributed by atoms with Crippen LogP contribution in [-0.2, 0) is 14.3 Å². The minimum Gasteiger partial charge on any atom is -0.459 e. The second-order valence-corrected chi connectivity index (χ2v) is 7.45. The molecule has 0 aromatic rings. The van der Waals surface area contributed by atoms with Crippen molar-refractivity contribution in [2.45, 2.75) is 65.2 Å². The van der Waals surface area contributed by atoms with Crippen LogP contribution in [0, 0.1) is 0 Å². The van der Waals surface area contributed by atoms with Gasteiger partial charge in [-0.15, -0.1) is 0 Å². The van der Waals surface area contributed by atoms with E-state index >= 15 is 0 Å². The molecular weight excluding hydrogens is 272 g/mol. The highest BCUT2D eigenvalue weighted by molar-refractivity contribution is 5.72. The molecular formula is C15H28N2O4. The van der Waals surface area contributed by atoms with E-state index in [-0.39, 0.29) is 18.6 Å². The van der Waals surface area contributed by atoms with E-state index in [2.05, 4.69) is 5.32 Å². The molecule has 21 heavy (non-hydrogen) atoms. The number of hydrogen-bond acceptors (Lipinski definition) is 5. The van der Waals surface area contributed by atoms with Crippen molar-refractivity contribution in [1.29, 1.82) is 0 Å². The summed E-state index contributed by atoms with van der Waals surface area (Å²) in [7, 11) is 0. The lowest BCUT2D eigenvalue weighted by molar-refractivity contribution is -0.155. The summed E-state index contributed by atoms with van der Waals surface area (Å²) < 4.78 is 10.5. The van der Waals surface area contributed by atoms with Crippen LogP contribution in [0.15, 0.2) is 0 Å². The Balaban J connectivity index is 2.33. The van der Waals surface area contributed by atoms with Crippen molar-refractivity contribution < 1.29 is 19.1 Å². The van der Waals surface area contributed by atoms with Crippen molar-refractivity contribution in [3.05, 3.63) is 0 Å². The van der Waals surface area contributed by atoms with E-state index in [0.29, 0.717) is 6.54 Å². The van der Waals surface area contributed by atoms with Gasteiger partial charge < -0.3 is 14.8 Å². The predicted octanol–water partition coefficient (Wildman–Crippen LogP) is 1.93. The maximum atomic E-state index is 11.8. The molecule has 1 N–H and O–H groups in total. The van der Waals surface area contributed by atoms with Gasteiger partial charge in [-0.1, -0.05) is 0 Å². The molecule has 122 valence electrons. The fourth-order valence-corrected chi connectivity index (χ4v) is 2.12. The lowest BCUT2D eigenvalue weighted by Crippen LogP contribution is -2.41. The van der Waals surface area contributed by atoms with Crippen LogP contribution in [0.2, 0.25) is 0 Å². The van der Waals surface area contributed by atoms with Crippen molar-refractivity contribution in [3.63, 3.8) is 0 Å². The number of nitrogens with one attached hydrogen (secondary N) is 1. The average molecular weight is 300 g/mol. The zero-order chi connectivity index (χ0) is 16.3. The molecule has 0 aliphatic carbocycles. The number of likely N-dealkylation sites (tertiary alicyclic amines) is 1. The quantitative estimate of drug-likeness (QED) is 0.807. The van der Waals surface area contributed by atoms with Gasteiger partial charge in [0.25, 0.3) is 0 Å². The molecule has 0 aromatic heterocycles. The van der Waals surface area contributed by atoms with E-state index in [1.807, 2.05) is 46.4 Å². The van der Waals surface area contributed by atoms with E-state index in [0.717, 1.165) is 13.0 Å². The maximum Gasteiger partial charge on any atom is 0.407 e. The van der Waals surface area contributed by atoms with E-state index in [4.69, 9.17) is 9.47 Å². The molecule has 1 heterocycles. The summed E-state index contributed by atoms with van der Waals surface area (Å²) >= 11 is 0. The molecule has 1 aliphatic heterocycles. The van der Waals surface area contributed by atoms with Gasteiger partial charge in [-0.2, -0.15) is 0 Å². The average Bonchev–Trinajstić information content (AvgIpc) is 2.58. The van der Waals surface area contributed by atoms with Crippen LogP contribution in [0.1, 0.15) is 48.0 Å². The molecule has 1 aliphatic rings. The number of carbonyl (C=O) groups is 2. The Morgan fingerprint density at radius 2 is 1.67 bits per heavy atom. The first-order valence-electron chi connectivity index (χ1n) is 7.38. The Hall–Kier alpha value is -1.30. The first-order chi connectivity index (χ1) is 9.44. The third-order valence-electron chi connectivity index (χ3n) is 2.77. The standard InChI is InChI=1S/C15H28N2O4/c1-14(2,3)20-12(18)10-17-8-7-11(9-17)16-13(19)21-15(4,5)6/h11H,7-10H2,1-6H3,(H,16,19). The first-order valence-corrected chi connectivity index (χ1v) is 7.38. The molecule has 0 aromatic carbocycles. The molecule has 6 heteroatoms.